The number of nitrogens with zero attached hydrogens (tertiary/aromatic N) is 2. The molecule has 0 saturated carbocycles. The van der Waals surface area contributed by atoms with Crippen LogP contribution < -0.4 is 14.4 Å². The quantitative estimate of drug-likeness (QED) is 0.544. The maximum atomic E-state index is 13.2. The molecule has 0 spiro atoms. The molecule has 0 aromatic heterocycles. The number of likely N-dealkylation sites (tertiary alicyclic amines) is 1. The zero-order chi connectivity index (χ0) is 24.0. The summed E-state index contributed by atoms with van der Waals surface area (Å²) in [6.07, 6.45) is 3.79. The molecular weight excluding hydrogens is 462 g/mol. The molecule has 1 unspecified atom stereocenters. The monoisotopic (exact) mass is 493 g/mol. The molecule has 1 aliphatic rings. The van der Waals surface area contributed by atoms with Gasteiger partial charge in [0.25, 0.3) is 0 Å². The summed E-state index contributed by atoms with van der Waals surface area (Å²) in [7, 11) is -2.35. The summed E-state index contributed by atoms with van der Waals surface area (Å²) in [5.74, 6) is -0.0482. The first-order valence-corrected chi connectivity index (χ1v) is 13.4. The van der Waals surface area contributed by atoms with Crippen molar-refractivity contribution in [1.82, 2.24) is 10.2 Å². The Bertz CT molecular complexity index is 1070. The Kier molecular flexibility index (Phi) is 8.62. The molecule has 0 radical (unpaired) electrons. The van der Waals surface area contributed by atoms with Gasteiger partial charge in [-0.25, -0.2) is 8.42 Å². The van der Waals surface area contributed by atoms with Crippen LogP contribution in [-0.4, -0.2) is 51.7 Å². The van der Waals surface area contributed by atoms with Gasteiger partial charge in [0.2, 0.25) is 15.9 Å². The van der Waals surface area contributed by atoms with Gasteiger partial charge in [0, 0.05) is 18.1 Å². The molecule has 1 N–H and O–H groups in total. The van der Waals surface area contributed by atoms with Crippen LogP contribution in [0.5, 0.6) is 5.75 Å². The molecule has 1 aliphatic heterocycles. The van der Waals surface area contributed by atoms with Crippen molar-refractivity contribution in [2.45, 2.75) is 45.3 Å². The lowest BCUT2D eigenvalue weighted by atomic mass is 10.1. The summed E-state index contributed by atoms with van der Waals surface area (Å²) >= 11 is 6.14. The first kappa shape index (κ1) is 25.3. The van der Waals surface area contributed by atoms with E-state index in [0.717, 1.165) is 35.8 Å². The summed E-state index contributed by atoms with van der Waals surface area (Å²) in [6.45, 7) is 5.12. The fourth-order valence-corrected chi connectivity index (χ4v) is 5.61. The number of amides is 1. The van der Waals surface area contributed by atoms with Gasteiger partial charge in [-0.3, -0.25) is 14.0 Å². The molecule has 1 fully saturated rings. The minimum absolute atomic E-state index is 0.240. The molecule has 2 aromatic rings. The van der Waals surface area contributed by atoms with E-state index in [1.807, 2.05) is 18.2 Å². The molecule has 2 aromatic carbocycles. The third kappa shape index (κ3) is 6.40. The van der Waals surface area contributed by atoms with Crippen LogP contribution in [0.4, 0.5) is 5.69 Å². The van der Waals surface area contributed by atoms with Crippen LogP contribution in [0.1, 0.15) is 37.3 Å². The summed E-state index contributed by atoms with van der Waals surface area (Å²) in [6, 6.07) is 11.8. The fraction of sp³-hybridized carbons (Fsp3) is 0.458. The van der Waals surface area contributed by atoms with Gasteiger partial charge in [-0.15, -0.1) is 0 Å². The van der Waals surface area contributed by atoms with Gasteiger partial charge in [-0.2, -0.15) is 0 Å². The van der Waals surface area contributed by atoms with Crippen molar-refractivity contribution < 1.29 is 17.9 Å². The van der Waals surface area contributed by atoms with Gasteiger partial charge < -0.3 is 10.1 Å². The molecule has 33 heavy (non-hydrogen) atoms. The lowest BCUT2D eigenvalue weighted by Crippen LogP contribution is -2.49. The zero-order valence-corrected chi connectivity index (χ0v) is 21.0. The summed E-state index contributed by atoms with van der Waals surface area (Å²) in [5, 5.41) is 3.30. The van der Waals surface area contributed by atoms with Crippen LogP contribution in [0.2, 0.25) is 5.02 Å². The molecule has 1 atom stereocenters. The number of methoxy groups -OCH3 is 1. The van der Waals surface area contributed by atoms with E-state index in [1.54, 1.807) is 19.1 Å². The predicted octanol–water partition coefficient (Wildman–Crippen LogP) is 3.81. The van der Waals surface area contributed by atoms with Gasteiger partial charge in [0.15, 0.2) is 0 Å². The van der Waals surface area contributed by atoms with Crippen LogP contribution in [0, 0.1) is 0 Å². The Hall–Kier alpha value is -2.29. The largest absolute Gasteiger partial charge is 0.495 e. The second-order valence-corrected chi connectivity index (χ2v) is 10.6. The second kappa shape index (κ2) is 11.2. The predicted molar refractivity (Wildman–Crippen MR) is 132 cm³/mol. The van der Waals surface area contributed by atoms with Crippen LogP contribution >= 0.6 is 11.6 Å². The number of sulfonamides is 1. The number of nitrogens with one attached hydrogen (secondary N) is 1. The topological polar surface area (TPSA) is 79.0 Å². The molecule has 1 heterocycles. The second-order valence-electron chi connectivity index (χ2n) is 8.27. The Labute approximate surface area is 201 Å². The average molecular weight is 494 g/mol. The Balaban J connectivity index is 1.82. The highest BCUT2D eigenvalue weighted by Crippen LogP contribution is 2.34. The molecule has 3 rings (SSSR count). The van der Waals surface area contributed by atoms with E-state index < -0.39 is 16.1 Å². The minimum Gasteiger partial charge on any atom is -0.495 e. The van der Waals surface area contributed by atoms with Crippen molar-refractivity contribution >= 4 is 33.2 Å². The van der Waals surface area contributed by atoms with E-state index in [0.29, 0.717) is 17.3 Å². The Morgan fingerprint density at radius 1 is 1.18 bits per heavy atom. The SMILES string of the molecule is CCC(C(=O)NCc1ccccc1CN1CCCC1)N(c1cc(Cl)ccc1OC)S(C)(=O)=O. The van der Waals surface area contributed by atoms with Crippen molar-refractivity contribution in [2.24, 2.45) is 0 Å². The number of hydrogen-bond donors (Lipinski definition) is 1. The third-order valence-corrected chi connectivity index (χ3v) is 7.27. The van der Waals surface area contributed by atoms with E-state index in [9.17, 15) is 13.2 Å². The van der Waals surface area contributed by atoms with Crippen molar-refractivity contribution in [3.63, 3.8) is 0 Å². The molecule has 9 heteroatoms. The standard InChI is InChI=1S/C24H32ClN3O4S/c1-4-21(28(33(3,30)31)22-15-20(25)11-12-23(22)32-2)24(29)26-16-18-9-5-6-10-19(18)17-27-13-7-8-14-27/h5-6,9-12,15,21H,4,7-8,13-14,16-17H2,1-3H3,(H,26,29). The van der Waals surface area contributed by atoms with Crippen LogP contribution in [-0.2, 0) is 27.9 Å². The van der Waals surface area contributed by atoms with Crippen molar-refractivity contribution in [3.05, 3.63) is 58.6 Å². The lowest BCUT2D eigenvalue weighted by molar-refractivity contribution is -0.122. The lowest BCUT2D eigenvalue weighted by Gasteiger charge is -2.31. The number of carbonyl (C=O) groups is 1. The van der Waals surface area contributed by atoms with Crippen molar-refractivity contribution in [3.8, 4) is 5.75 Å². The molecule has 0 aliphatic carbocycles. The van der Waals surface area contributed by atoms with E-state index in [2.05, 4.69) is 16.3 Å². The fourth-order valence-electron chi connectivity index (χ4n) is 4.24. The summed E-state index contributed by atoms with van der Waals surface area (Å²) in [4.78, 5) is 15.7. The number of rotatable bonds is 10. The highest BCUT2D eigenvalue weighted by atomic mass is 35.5. The number of anilines is 1. The average Bonchev–Trinajstić information content (AvgIpc) is 3.28. The Morgan fingerprint density at radius 3 is 2.45 bits per heavy atom. The maximum absolute atomic E-state index is 13.2. The summed E-state index contributed by atoms with van der Waals surface area (Å²) in [5.41, 5.74) is 2.44. The first-order chi connectivity index (χ1) is 15.7. The zero-order valence-electron chi connectivity index (χ0n) is 19.4. The Morgan fingerprint density at radius 2 is 1.85 bits per heavy atom. The van der Waals surface area contributed by atoms with Gasteiger partial charge >= 0.3 is 0 Å². The van der Waals surface area contributed by atoms with Gasteiger partial charge in [0.1, 0.15) is 11.8 Å². The highest BCUT2D eigenvalue weighted by Gasteiger charge is 2.33. The normalized spacial score (nSPS) is 15.3. The minimum atomic E-state index is -3.80. The number of carbonyl (C=O) groups excluding carboxylic acids is 1. The molecule has 1 saturated heterocycles. The molecule has 7 nitrogen and oxygen atoms in total. The van der Waals surface area contributed by atoms with Crippen LogP contribution in [0.3, 0.4) is 0 Å². The first-order valence-electron chi connectivity index (χ1n) is 11.1. The summed E-state index contributed by atoms with van der Waals surface area (Å²) < 4.78 is 32.0. The van der Waals surface area contributed by atoms with E-state index in [4.69, 9.17) is 16.3 Å². The number of hydrogen-bond acceptors (Lipinski definition) is 5. The van der Waals surface area contributed by atoms with Gasteiger partial charge in [-0.1, -0.05) is 42.8 Å². The number of ether oxygens (including phenoxy) is 1. The molecule has 0 bridgehead atoms. The third-order valence-electron chi connectivity index (χ3n) is 5.87. The maximum Gasteiger partial charge on any atom is 0.244 e. The number of benzene rings is 2. The van der Waals surface area contributed by atoms with E-state index in [-0.39, 0.29) is 18.0 Å². The van der Waals surface area contributed by atoms with E-state index >= 15 is 0 Å². The number of halogens is 1. The van der Waals surface area contributed by atoms with Crippen LogP contribution in [0.15, 0.2) is 42.5 Å². The van der Waals surface area contributed by atoms with Gasteiger partial charge in [-0.05, 0) is 61.7 Å². The molecular formula is C24H32ClN3O4S. The highest BCUT2D eigenvalue weighted by molar-refractivity contribution is 7.92. The van der Waals surface area contributed by atoms with E-state index in [1.165, 1.54) is 31.6 Å². The van der Waals surface area contributed by atoms with Crippen LogP contribution in [0.25, 0.3) is 0 Å². The van der Waals surface area contributed by atoms with Crippen molar-refractivity contribution in [2.75, 3.05) is 30.8 Å². The smallest absolute Gasteiger partial charge is 0.244 e. The van der Waals surface area contributed by atoms with Crippen molar-refractivity contribution in [1.29, 1.82) is 0 Å². The van der Waals surface area contributed by atoms with Gasteiger partial charge in [0.05, 0.1) is 19.1 Å². The molecule has 180 valence electrons. The molecule has 1 amide bonds.